The molecule has 4 amide bonds. The highest BCUT2D eigenvalue weighted by Crippen LogP contribution is 2.37. The predicted octanol–water partition coefficient (Wildman–Crippen LogP) is 3.48. The first-order valence-corrected chi connectivity index (χ1v) is 10.7. The van der Waals surface area contributed by atoms with Gasteiger partial charge in [-0.3, -0.25) is 14.9 Å². The van der Waals surface area contributed by atoms with Crippen molar-refractivity contribution in [2.24, 2.45) is 0 Å². The van der Waals surface area contributed by atoms with Crippen LogP contribution in [0.4, 0.5) is 10.5 Å². The number of nitrogens with one attached hydrogen (secondary N) is 1. The van der Waals surface area contributed by atoms with Gasteiger partial charge < -0.3 is 18.9 Å². The number of halogens is 1. The third kappa shape index (κ3) is 4.09. The number of rotatable bonds is 5. The SMILES string of the molecule is COc1cc(/C=C2\C(=O)NC(=O)N(c3ccc4c(c3)OCO4)C2=O)cc(I)c1OC(C)C. The van der Waals surface area contributed by atoms with Crippen LogP contribution in [-0.4, -0.2) is 37.9 Å². The number of anilines is 1. The number of carbonyl (C=O) groups excluding carboxylic acids is 3. The number of urea groups is 1. The first kappa shape index (κ1) is 21.9. The molecule has 1 N–H and O–H groups in total. The molecule has 2 heterocycles. The number of methoxy groups -OCH3 is 1. The minimum Gasteiger partial charge on any atom is -0.493 e. The third-order valence-corrected chi connectivity index (χ3v) is 5.43. The molecule has 0 aromatic heterocycles. The van der Waals surface area contributed by atoms with Crippen LogP contribution < -0.4 is 29.2 Å². The van der Waals surface area contributed by atoms with E-state index >= 15 is 0 Å². The van der Waals surface area contributed by atoms with E-state index in [4.69, 9.17) is 18.9 Å². The van der Waals surface area contributed by atoms with Crippen molar-refractivity contribution >= 4 is 52.2 Å². The fourth-order valence-corrected chi connectivity index (χ4v) is 4.01. The maximum absolute atomic E-state index is 13.1. The summed E-state index contributed by atoms with van der Waals surface area (Å²) in [4.78, 5) is 39.0. The van der Waals surface area contributed by atoms with Crippen LogP contribution in [0.1, 0.15) is 19.4 Å². The molecule has 0 unspecified atom stereocenters. The van der Waals surface area contributed by atoms with Gasteiger partial charge in [-0.15, -0.1) is 0 Å². The lowest BCUT2D eigenvalue weighted by Gasteiger charge is -2.26. The molecule has 9 nitrogen and oxygen atoms in total. The largest absolute Gasteiger partial charge is 0.493 e. The lowest BCUT2D eigenvalue weighted by atomic mass is 10.1. The van der Waals surface area contributed by atoms with Gasteiger partial charge in [-0.1, -0.05) is 0 Å². The Balaban J connectivity index is 1.71. The molecule has 0 spiro atoms. The second-order valence-electron chi connectivity index (χ2n) is 7.20. The van der Waals surface area contributed by atoms with Crippen LogP contribution in [-0.2, 0) is 9.59 Å². The van der Waals surface area contributed by atoms with E-state index in [0.717, 1.165) is 8.47 Å². The van der Waals surface area contributed by atoms with E-state index in [-0.39, 0.29) is 24.2 Å². The summed E-state index contributed by atoms with van der Waals surface area (Å²) in [6.45, 7) is 3.86. The van der Waals surface area contributed by atoms with Crippen molar-refractivity contribution < 1.29 is 33.3 Å². The summed E-state index contributed by atoms with van der Waals surface area (Å²) < 4.78 is 22.6. The number of barbiturate groups is 1. The summed E-state index contributed by atoms with van der Waals surface area (Å²) in [5, 5.41) is 2.21. The number of carbonyl (C=O) groups is 3. The van der Waals surface area contributed by atoms with Gasteiger partial charge in [0.1, 0.15) is 5.57 Å². The van der Waals surface area contributed by atoms with Crippen molar-refractivity contribution in [3.8, 4) is 23.0 Å². The maximum Gasteiger partial charge on any atom is 0.335 e. The highest BCUT2D eigenvalue weighted by atomic mass is 127. The first-order chi connectivity index (χ1) is 15.3. The Labute approximate surface area is 197 Å². The summed E-state index contributed by atoms with van der Waals surface area (Å²) >= 11 is 2.10. The molecular weight excluding hydrogens is 531 g/mol. The molecule has 10 heteroatoms. The topological polar surface area (TPSA) is 103 Å². The Kier molecular flexibility index (Phi) is 5.96. The molecule has 0 saturated carbocycles. The molecule has 2 aromatic rings. The van der Waals surface area contributed by atoms with Crippen LogP contribution in [0.15, 0.2) is 35.9 Å². The second-order valence-corrected chi connectivity index (χ2v) is 8.36. The van der Waals surface area contributed by atoms with E-state index in [0.29, 0.717) is 28.6 Å². The molecule has 2 aliphatic rings. The fraction of sp³-hybridized carbons (Fsp3) is 0.227. The molecule has 1 fully saturated rings. The van der Waals surface area contributed by atoms with Gasteiger partial charge in [0.05, 0.1) is 22.5 Å². The summed E-state index contributed by atoms with van der Waals surface area (Å²) in [5.74, 6) is 0.413. The zero-order valence-electron chi connectivity index (χ0n) is 17.4. The van der Waals surface area contributed by atoms with Crippen LogP contribution in [0.3, 0.4) is 0 Å². The second kappa shape index (κ2) is 8.69. The lowest BCUT2D eigenvalue weighted by molar-refractivity contribution is -0.122. The normalized spacial score (nSPS) is 16.6. The summed E-state index contributed by atoms with van der Waals surface area (Å²) in [7, 11) is 1.51. The van der Waals surface area contributed by atoms with E-state index < -0.39 is 17.8 Å². The molecule has 1 saturated heterocycles. The van der Waals surface area contributed by atoms with E-state index in [1.165, 1.54) is 19.3 Å². The van der Waals surface area contributed by atoms with Crippen molar-refractivity contribution in [2.45, 2.75) is 20.0 Å². The highest BCUT2D eigenvalue weighted by Gasteiger charge is 2.37. The Bertz CT molecular complexity index is 1160. The van der Waals surface area contributed by atoms with Crippen LogP contribution in [0.25, 0.3) is 6.08 Å². The molecular formula is C22H19IN2O7. The molecule has 0 radical (unpaired) electrons. The molecule has 32 heavy (non-hydrogen) atoms. The van der Waals surface area contributed by atoms with Crippen LogP contribution >= 0.6 is 22.6 Å². The Morgan fingerprint density at radius 3 is 2.59 bits per heavy atom. The monoisotopic (exact) mass is 550 g/mol. The maximum atomic E-state index is 13.1. The lowest BCUT2D eigenvalue weighted by Crippen LogP contribution is -2.54. The van der Waals surface area contributed by atoms with E-state index in [1.807, 2.05) is 13.8 Å². The van der Waals surface area contributed by atoms with Gasteiger partial charge in [-0.25, -0.2) is 9.69 Å². The fourth-order valence-electron chi connectivity index (χ4n) is 3.26. The Morgan fingerprint density at radius 1 is 1.12 bits per heavy atom. The molecule has 166 valence electrons. The number of nitrogens with zero attached hydrogens (tertiary/aromatic N) is 1. The summed E-state index contributed by atoms with van der Waals surface area (Å²) in [6.07, 6.45) is 1.35. The highest BCUT2D eigenvalue weighted by molar-refractivity contribution is 14.1. The molecule has 4 rings (SSSR count). The molecule has 2 aromatic carbocycles. The zero-order chi connectivity index (χ0) is 23.0. The van der Waals surface area contributed by atoms with Gasteiger partial charge in [0.2, 0.25) is 6.79 Å². The molecule has 0 aliphatic carbocycles. The van der Waals surface area contributed by atoms with Crippen molar-refractivity contribution in [1.82, 2.24) is 5.32 Å². The number of fused-ring (bicyclic) bond motifs is 1. The van der Waals surface area contributed by atoms with Gasteiger partial charge in [-0.2, -0.15) is 0 Å². The number of hydrogen-bond donors (Lipinski definition) is 1. The number of ether oxygens (including phenoxy) is 4. The van der Waals surface area contributed by atoms with Gasteiger partial charge >= 0.3 is 6.03 Å². The summed E-state index contributed by atoms with van der Waals surface area (Å²) in [5.41, 5.74) is 0.599. The van der Waals surface area contributed by atoms with E-state index in [9.17, 15) is 14.4 Å². The van der Waals surface area contributed by atoms with E-state index in [2.05, 4.69) is 27.9 Å². The standard InChI is InChI=1S/C22H19IN2O7/c1-11(2)32-19-15(23)7-12(8-18(19)29-3)6-14-20(26)24-22(28)25(21(14)27)13-4-5-16-17(9-13)31-10-30-16/h4-9,11H,10H2,1-3H3,(H,24,26,28)/b14-6+. The zero-order valence-corrected chi connectivity index (χ0v) is 19.6. The van der Waals surface area contributed by atoms with Crippen LogP contribution in [0.2, 0.25) is 0 Å². The van der Waals surface area contributed by atoms with Crippen molar-refractivity contribution in [2.75, 3.05) is 18.8 Å². The molecule has 0 atom stereocenters. The smallest absolute Gasteiger partial charge is 0.335 e. The van der Waals surface area contributed by atoms with Gasteiger partial charge in [0.15, 0.2) is 23.0 Å². The number of imide groups is 2. The predicted molar refractivity (Wildman–Crippen MR) is 123 cm³/mol. The van der Waals surface area contributed by atoms with Crippen molar-refractivity contribution in [3.63, 3.8) is 0 Å². The van der Waals surface area contributed by atoms with Gasteiger partial charge in [0, 0.05) is 6.07 Å². The third-order valence-electron chi connectivity index (χ3n) is 4.63. The first-order valence-electron chi connectivity index (χ1n) is 9.63. The number of amides is 4. The number of hydrogen-bond acceptors (Lipinski definition) is 7. The van der Waals surface area contributed by atoms with Crippen molar-refractivity contribution in [3.05, 3.63) is 45.0 Å². The quantitative estimate of drug-likeness (QED) is 0.346. The molecule has 0 bridgehead atoms. The Hall–Kier alpha value is -3.28. The van der Waals surface area contributed by atoms with Crippen molar-refractivity contribution in [1.29, 1.82) is 0 Å². The van der Waals surface area contributed by atoms with Crippen LogP contribution in [0.5, 0.6) is 23.0 Å². The van der Waals surface area contributed by atoms with Crippen LogP contribution in [0, 0.1) is 3.57 Å². The minimum absolute atomic E-state index is 0.0551. The Morgan fingerprint density at radius 2 is 1.88 bits per heavy atom. The van der Waals surface area contributed by atoms with Gasteiger partial charge in [-0.05, 0) is 72.3 Å². The average Bonchev–Trinajstić information content (AvgIpc) is 3.20. The van der Waals surface area contributed by atoms with E-state index in [1.54, 1.807) is 24.3 Å². The van der Waals surface area contributed by atoms with Gasteiger partial charge in [0.25, 0.3) is 11.8 Å². The summed E-state index contributed by atoms with van der Waals surface area (Å²) in [6, 6.07) is 7.23. The average molecular weight is 550 g/mol. The number of benzene rings is 2. The minimum atomic E-state index is -0.844. The molecule has 2 aliphatic heterocycles.